The highest BCUT2D eigenvalue weighted by atomic mass is 16.2. The van der Waals surface area contributed by atoms with Gasteiger partial charge in [0.2, 0.25) is 5.91 Å². The zero-order valence-electron chi connectivity index (χ0n) is 9.99. The highest BCUT2D eigenvalue weighted by Gasteiger charge is 2.51. The average molecular weight is 210 g/mol. The minimum absolute atomic E-state index is 0.0465. The lowest BCUT2D eigenvalue weighted by atomic mass is 9.64. The molecule has 2 fully saturated rings. The van der Waals surface area contributed by atoms with Gasteiger partial charge in [0.25, 0.3) is 0 Å². The Bertz CT molecular complexity index is 271. The van der Waals surface area contributed by atoms with Gasteiger partial charge in [0.15, 0.2) is 0 Å². The predicted molar refractivity (Wildman–Crippen MR) is 60.3 cm³/mol. The Morgan fingerprint density at radius 3 is 2.47 bits per heavy atom. The maximum absolute atomic E-state index is 11.9. The summed E-state index contributed by atoms with van der Waals surface area (Å²) in [5, 5.41) is 0. The van der Waals surface area contributed by atoms with E-state index in [4.69, 9.17) is 5.73 Å². The van der Waals surface area contributed by atoms with Gasteiger partial charge in [0.05, 0.1) is 6.04 Å². The Labute approximate surface area is 92.0 Å². The van der Waals surface area contributed by atoms with Crippen molar-refractivity contribution in [1.29, 1.82) is 0 Å². The van der Waals surface area contributed by atoms with E-state index in [0.29, 0.717) is 6.42 Å². The molecule has 3 heteroatoms. The summed E-state index contributed by atoms with van der Waals surface area (Å²) < 4.78 is 0. The van der Waals surface area contributed by atoms with Crippen LogP contribution in [0.3, 0.4) is 0 Å². The summed E-state index contributed by atoms with van der Waals surface area (Å²) in [6.07, 6.45) is 4.28. The van der Waals surface area contributed by atoms with Crippen LogP contribution < -0.4 is 5.73 Å². The van der Waals surface area contributed by atoms with Gasteiger partial charge < -0.3 is 10.6 Å². The van der Waals surface area contributed by atoms with Gasteiger partial charge in [0, 0.05) is 18.5 Å². The quantitative estimate of drug-likeness (QED) is 0.751. The normalized spacial score (nSPS) is 34.7. The fourth-order valence-electron chi connectivity index (χ4n) is 3.27. The molecule has 0 aromatic carbocycles. The van der Waals surface area contributed by atoms with Gasteiger partial charge in [-0.15, -0.1) is 0 Å². The van der Waals surface area contributed by atoms with Crippen LogP contribution in [0.1, 0.15) is 46.5 Å². The molecule has 0 bridgehead atoms. The fourth-order valence-corrected chi connectivity index (χ4v) is 3.27. The van der Waals surface area contributed by atoms with E-state index in [1.54, 1.807) is 0 Å². The van der Waals surface area contributed by atoms with E-state index in [-0.39, 0.29) is 29.4 Å². The Morgan fingerprint density at radius 1 is 1.47 bits per heavy atom. The summed E-state index contributed by atoms with van der Waals surface area (Å²) in [6.45, 7) is 6.46. The molecular formula is C12H22N2O. The van der Waals surface area contributed by atoms with Crippen molar-refractivity contribution in [2.75, 3.05) is 0 Å². The van der Waals surface area contributed by atoms with Crippen molar-refractivity contribution < 1.29 is 4.79 Å². The van der Waals surface area contributed by atoms with Crippen molar-refractivity contribution in [2.45, 2.75) is 64.6 Å². The molecule has 1 amide bonds. The number of carbonyl (C=O) groups is 1. The number of likely N-dealkylation sites (tertiary alicyclic amines) is 1. The Hall–Kier alpha value is -0.570. The third-order valence-electron chi connectivity index (χ3n) is 4.17. The highest BCUT2D eigenvalue weighted by molar-refractivity contribution is 5.80. The van der Waals surface area contributed by atoms with E-state index in [0.717, 1.165) is 0 Å². The number of nitrogens with zero attached hydrogens (tertiary/aromatic N) is 1. The lowest BCUT2D eigenvalue weighted by molar-refractivity contribution is -0.133. The minimum Gasteiger partial charge on any atom is -0.335 e. The predicted octanol–water partition coefficient (Wildman–Crippen LogP) is 1.51. The second-order valence-electron chi connectivity index (χ2n) is 5.72. The van der Waals surface area contributed by atoms with Crippen LogP contribution in [0.15, 0.2) is 0 Å². The van der Waals surface area contributed by atoms with E-state index in [9.17, 15) is 4.79 Å². The zero-order chi connectivity index (χ0) is 11.2. The molecule has 0 aromatic rings. The molecule has 2 aliphatic rings. The van der Waals surface area contributed by atoms with Gasteiger partial charge in [0.1, 0.15) is 0 Å². The van der Waals surface area contributed by atoms with Crippen LogP contribution in [0.25, 0.3) is 0 Å². The van der Waals surface area contributed by atoms with E-state index in [2.05, 4.69) is 20.8 Å². The molecule has 15 heavy (non-hydrogen) atoms. The average Bonchev–Trinajstić information content (AvgIpc) is 2.37. The summed E-state index contributed by atoms with van der Waals surface area (Å²) in [4.78, 5) is 13.9. The van der Waals surface area contributed by atoms with Gasteiger partial charge in [-0.05, 0) is 32.1 Å². The molecule has 2 rings (SSSR count). The Morgan fingerprint density at radius 2 is 2.07 bits per heavy atom. The van der Waals surface area contributed by atoms with Crippen LogP contribution in [-0.2, 0) is 4.79 Å². The van der Waals surface area contributed by atoms with E-state index in [1.807, 2.05) is 4.90 Å². The van der Waals surface area contributed by atoms with Crippen molar-refractivity contribution in [3.05, 3.63) is 0 Å². The molecule has 0 spiro atoms. The molecule has 1 aliphatic heterocycles. The zero-order valence-corrected chi connectivity index (χ0v) is 9.99. The van der Waals surface area contributed by atoms with Crippen molar-refractivity contribution >= 4 is 5.91 Å². The third kappa shape index (κ3) is 1.57. The first-order valence-electron chi connectivity index (χ1n) is 6.02. The summed E-state index contributed by atoms with van der Waals surface area (Å²) >= 11 is 0. The molecule has 1 saturated carbocycles. The van der Waals surface area contributed by atoms with Gasteiger partial charge in [-0.1, -0.05) is 13.3 Å². The molecule has 3 nitrogen and oxygen atoms in total. The number of carbonyl (C=O) groups excluding carboxylic acids is 1. The molecule has 2 atom stereocenters. The minimum atomic E-state index is 0.0465. The third-order valence-corrected chi connectivity index (χ3v) is 4.17. The lowest BCUT2D eigenvalue weighted by Gasteiger charge is -2.49. The summed E-state index contributed by atoms with van der Waals surface area (Å²) in [6, 6.07) is 0.609. The first-order valence-corrected chi connectivity index (χ1v) is 6.02. The van der Waals surface area contributed by atoms with Crippen LogP contribution >= 0.6 is 0 Å². The second kappa shape index (κ2) is 3.48. The molecule has 86 valence electrons. The SMILES string of the molecule is CC(C)N1C(=O)C[C@H](N)[C@H]1C1(C)CCC1. The smallest absolute Gasteiger partial charge is 0.224 e. The molecule has 2 N–H and O–H groups in total. The maximum Gasteiger partial charge on any atom is 0.224 e. The van der Waals surface area contributed by atoms with Gasteiger partial charge in [-0.25, -0.2) is 0 Å². The second-order valence-corrected chi connectivity index (χ2v) is 5.72. The van der Waals surface area contributed by atoms with Crippen LogP contribution in [-0.4, -0.2) is 28.9 Å². The first kappa shape index (κ1) is 10.9. The van der Waals surface area contributed by atoms with Gasteiger partial charge in [-0.3, -0.25) is 4.79 Å². The molecule has 1 saturated heterocycles. The fraction of sp³-hybridized carbons (Fsp3) is 0.917. The van der Waals surface area contributed by atoms with Crippen LogP contribution in [0.2, 0.25) is 0 Å². The summed E-state index contributed by atoms with van der Waals surface area (Å²) in [5.41, 5.74) is 6.42. The molecular weight excluding hydrogens is 188 g/mol. The Kier molecular flexibility index (Phi) is 2.53. The van der Waals surface area contributed by atoms with Crippen molar-refractivity contribution in [3.8, 4) is 0 Å². The van der Waals surface area contributed by atoms with Crippen molar-refractivity contribution in [1.82, 2.24) is 4.90 Å². The largest absolute Gasteiger partial charge is 0.335 e. The van der Waals surface area contributed by atoms with E-state index < -0.39 is 0 Å². The van der Waals surface area contributed by atoms with E-state index >= 15 is 0 Å². The van der Waals surface area contributed by atoms with E-state index in [1.165, 1.54) is 19.3 Å². The molecule has 0 unspecified atom stereocenters. The molecule has 0 radical (unpaired) electrons. The standard InChI is InChI=1S/C12H22N2O/c1-8(2)14-10(15)7-9(13)11(14)12(3)5-4-6-12/h8-9,11H,4-7,13H2,1-3H3/t9-,11-/m0/s1. The maximum atomic E-state index is 11.9. The van der Waals surface area contributed by atoms with Crippen LogP contribution in [0.5, 0.6) is 0 Å². The number of amides is 1. The van der Waals surface area contributed by atoms with Crippen molar-refractivity contribution in [2.24, 2.45) is 11.1 Å². The molecule has 0 aromatic heterocycles. The molecule has 1 aliphatic carbocycles. The summed E-state index contributed by atoms with van der Waals surface area (Å²) in [7, 11) is 0. The first-order chi connectivity index (χ1) is 6.96. The number of rotatable bonds is 2. The monoisotopic (exact) mass is 210 g/mol. The lowest BCUT2D eigenvalue weighted by Crippen LogP contribution is -2.55. The summed E-state index contributed by atoms with van der Waals surface area (Å²) in [5.74, 6) is 0.246. The van der Waals surface area contributed by atoms with Gasteiger partial charge >= 0.3 is 0 Å². The number of hydrogen-bond donors (Lipinski definition) is 1. The highest BCUT2D eigenvalue weighted by Crippen LogP contribution is 2.48. The van der Waals surface area contributed by atoms with Crippen LogP contribution in [0.4, 0.5) is 0 Å². The van der Waals surface area contributed by atoms with Crippen molar-refractivity contribution in [3.63, 3.8) is 0 Å². The van der Waals surface area contributed by atoms with Gasteiger partial charge in [-0.2, -0.15) is 0 Å². The number of nitrogens with two attached hydrogens (primary N) is 1. The van der Waals surface area contributed by atoms with Crippen LogP contribution in [0, 0.1) is 5.41 Å². The number of hydrogen-bond acceptors (Lipinski definition) is 2. The Balaban J connectivity index is 2.23. The topological polar surface area (TPSA) is 46.3 Å². The molecule has 1 heterocycles.